The van der Waals surface area contributed by atoms with E-state index in [1.54, 1.807) is 24.1 Å². The van der Waals surface area contributed by atoms with Gasteiger partial charge in [0.2, 0.25) is 5.76 Å². The number of benzene rings is 2. The molecule has 1 amide bonds. The topological polar surface area (TPSA) is 59.8 Å². The molecular formula is C22H20ClNO4. The third kappa shape index (κ3) is 2.78. The highest BCUT2D eigenvalue weighted by molar-refractivity contribution is 6.32. The second-order valence-corrected chi connectivity index (χ2v) is 7.36. The molecule has 4 rings (SSSR count). The molecule has 1 aliphatic heterocycles. The molecule has 3 aromatic rings. The summed E-state index contributed by atoms with van der Waals surface area (Å²) in [6.07, 6.45) is 0.763. The quantitative estimate of drug-likeness (QED) is 0.639. The lowest BCUT2D eigenvalue weighted by Gasteiger charge is -2.24. The Labute approximate surface area is 167 Å². The summed E-state index contributed by atoms with van der Waals surface area (Å²) >= 11 is 6.24. The second kappa shape index (κ2) is 6.99. The third-order valence-electron chi connectivity index (χ3n) is 5.12. The average Bonchev–Trinajstić information content (AvgIpc) is 2.96. The summed E-state index contributed by atoms with van der Waals surface area (Å²) in [6.45, 7) is 4.34. The van der Waals surface area contributed by atoms with Gasteiger partial charge in [-0.2, -0.15) is 0 Å². The van der Waals surface area contributed by atoms with Gasteiger partial charge in [-0.25, -0.2) is 0 Å². The van der Waals surface area contributed by atoms with Crippen LogP contribution in [0.25, 0.3) is 11.0 Å². The normalized spacial score (nSPS) is 15.9. The van der Waals surface area contributed by atoms with Crippen molar-refractivity contribution in [2.45, 2.75) is 26.3 Å². The maximum absolute atomic E-state index is 13.4. The molecule has 1 aliphatic rings. The van der Waals surface area contributed by atoms with Crippen LogP contribution in [0.2, 0.25) is 5.02 Å². The summed E-state index contributed by atoms with van der Waals surface area (Å²) in [7, 11) is 1.59. The molecule has 1 unspecified atom stereocenters. The fraction of sp³-hybridized carbons (Fsp3) is 0.273. The van der Waals surface area contributed by atoms with Gasteiger partial charge >= 0.3 is 0 Å². The lowest BCUT2D eigenvalue weighted by Crippen LogP contribution is -2.30. The van der Waals surface area contributed by atoms with E-state index in [2.05, 4.69) is 0 Å². The van der Waals surface area contributed by atoms with Crippen LogP contribution in [-0.2, 0) is 0 Å². The average molecular weight is 398 g/mol. The number of rotatable bonds is 4. The molecule has 1 aromatic heterocycles. The third-order valence-corrected chi connectivity index (χ3v) is 5.53. The van der Waals surface area contributed by atoms with E-state index >= 15 is 0 Å². The van der Waals surface area contributed by atoms with Crippen LogP contribution < -0.4 is 10.2 Å². The zero-order valence-electron chi connectivity index (χ0n) is 15.9. The lowest BCUT2D eigenvalue weighted by molar-refractivity contribution is 0.0728. The summed E-state index contributed by atoms with van der Waals surface area (Å²) in [4.78, 5) is 28.2. The van der Waals surface area contributed by atoms with Crippen molar-refractivity contribution in [2.24, 2.45) is 0 Å². The van der Waals surface area contributed by atoms with E-state index in [4.69, 9.17) is 20.8 Å². The first-order chi connectivity index (χ1) is 13.5. The molecule has 1 atom stereocenters. The molecule has 144 valence electrons. The molecule has 2 heterocycles. The highest BCUT2D eigenvalue weighted by atomic mass is 35.5. The van der Waals surface area contributed by atoms with Crippen molar-refractivity contribution in [1.82, 2.24) is 4.90 Å². The predicted octanol–water partition coefficient (Wildman–Crippen LogP) is 4.72. The molecule has 28 heavy (non-hydrogen) atoms. The van der Waals surface area contributed by atoms with E-state index in [9.17, 15) is 9.59 Å². The van der Waals surface area contributed by atoms with Gasteiger partial charge in [0.25, 0.3) is 5.91 Å². The van der Waals surface area contributed by atoms with Gasteiger partial charge in [0, 0.05) is 11.6 Å². The number of amides is 1. The highest BCUT2D eigenvalue weighted by Gasteiger charge is 2.42. The molecule has 0 bridgehead atoms. The van der Waals surface area contributed by atoms with E-state index in [1.165, 1.54) is 0 Å². The lowest BCUT2D eigenvalue weighted by atomic mass is 9.98. The number of carbonyl (C=O) groups excluding carboxylic acids is 1. The monoisotopic (exact) mass is 397 g/mol. The van der Waals surface area contributed by atoms with Gasteiger partial charge in [0.05, 0.1) is 24.1 Å². The molecule has 0 radical (unpaired) electrons. The van der Waals surface area contributed by atoms with Crippen molar-refractivity contribution in [3.8, 4) is 5.75 Å². The number of halogens is 1. The van der Waals surface area contributed by atoms with Crippen molar-refractivity contribution in [2.75, 3.05) is 13.7 Å². The fourth-order valence-corrected chi connectivity index (χ4v) is 3.93. The zero-order valence-corrected chi connectivity index (χ0v) is 16.7. The van der Waals surface area contributed by atoms with Crippen molar-refractivity contribution in [3.05, 3.63) is 74.1 Å². The van der Waals surface area contributed by atoms with Crippen LogP contribution in [0.4, 0.5) is 0 Å². The van der Waals surface area contributed by atoms with Crippen LogP contribution in [0.15, 0.2) is 45.6 Å². The minimum Gasteiger partial charge on any atom is -0.497 e. The number of ether oxygens (including phenoxy) is 1. The van der Waals surface area contributed by atoms with Crippen molar-refractivity contribution in [3.63, 3.8) is 0 Å². The second-order valence-electron chi connectivity index (χ2n) is 6.95. The van der Waals surface area contributed by atoms with Gasteiger partial charge in [-0.15, -0.1) is 0 Å². The molecule has 0 aliphatic carbocycles. The first kappa shape index (κ1) is 18.6. The number of hydrogen-bond acceptors (Lipinski definition) is 4. The Balaban J connectivity index is 2.02. The predicted molar refractivity (Wildman–Crippen MR) is 108 cm³/mol. The maximum Gasteiger partial charge on any atom is 0.290 e. The fourth-order valence-electron chi connectivity index (χ4n) is 3.77. The molecule has 5 nitrogen and oxygen atoms in total. The highest BCUT2D eigenvalue weighted by Crippen LogP contribution is 2.39. The molecule has 2 aromatic carbocycles. The number of methoxy groups -OCH3 is 1. The largest absolute Gasteiger partial charge is 0.497 e. The molecule has 0 fully saturated rings. The molecule has 0 saturated heterocycles. The molecule has 0 spiro atoms. The van der Waals surface area contributed by atoms with E-state index in [0.717, 1.165) is 17.5 Å². The Bertz CT molecular complexity index is 1150. The summed E-state index contributed by atoms with van der Waals surface area (Å²) in [6, 6.07) is 10.2. The first-order valence-corrected chi connectivity index (χ1v) is 9.55. The van der Waals surface area contributed by atoms with Crippen molar-refractivity contribution >= 4 is 28.5 Å². The maximum atomic E-state index is 13.4. The van der Waals surface area contributed by atoms with Gasteiger partial charge in [-0.3, -0.25) is 9.59 Å². The minimum absolute atomic E-state index is 0.112. The summed E-state index contributed by atoms with van der Waals surface area (Å²) in [5.41, 5.74) is 2.11. The van der Waals surface area contributed by atoms with Crippen molar-refractivity contribution < 1.29 is 13.9 Å². The van der Waals surface area contributed by atoms with Crippen LogP contribution in [0.1, 0.15) is 46.6 Å². The number of carbonyl (C=O) groups is 1. The number of hydrogen-bond donors (Lipinski definition) is 0. The van der Waals surface area contributed by atoms with Gasteiger partial charge in [0.1, 0.15) is 11.3 Å². The number of fused-ring (bicyclic) bond motifs is 2. The Morgan fingerprint density at radius 1 is 1.21 bits per heavy atom. The Morgan fingerprint density at radius 3 is 2.71 bits per heavy atom. The summed E-state index contributed by atoms with van der Waals surface area (Å²) in [5, 5.41) is 0.876. The van der Waals surface area contributed by atoms with E-state index in [1.807, 2.05) is 38.1 Å². The molecule has 6 heteroatoms. The summed E-state index contributed by atoms with van der Waals surface area (Å²) < 4.78 is 11.3. The van der Waals surface area contributed by atoms with Crippen LogP contribution >= 0.6 is 11.6 Å². The number of aryl methyl sites for hydroxylation is 1. The smallest absolute Gasteiger partial charge is 0.290 e. The molecule has 0 N–H and O–H groups in total. The number of nitrogens with zero attached hydrogens (tertiary/aromatic N) is 1. The van der Waals surface area contributed by atoms with E-state index in [0.29, 0.717) is 33.8 Å². The van der Waals surface area contributed by atoms with Crippen LogP contribution in [-0.4, -0.2) is 24.5 Å². The van der Waals surface area contributed by atoms with Crippen LogP contribution in [0.5, 0.6) is 5.75 Å². The Hall–Kier alpha value is -2.79. The summed E-state index contributed by atoms with van der Waals surface area (Å²) in [5.74, 6) is 0.510. The van der Waals surface area contributed by atoms with Gasteiger partial charge in [-0.1, -0.05) is 30.7 Å². The Morgan fingerprint density at radius 2 is 2.00 bits per heavy atom. The standard InChI is InChI=1S/C22H20ClNO4/c1-4-8-24-19(13-6-5-7-14(10-13)27-3)18-20(25)15-11-16(23)12(2)9-17(15)28-21(18)22(24)26/h5-7,9-11,19H,4,8H2,1-3H3. The van der Waals surface area contributed by atoms with Gasteiger partial charge in [-0.05, 0) is 48.7 Å². The first-order valence-electron chi connectivity index (χ1n) is 9.18. The van der Waals surface area contributed by atoms with E-state index < -0.39 is 6.04 Å². The van der Waals surface area contributed by atoms with Crippen LogP contribution in [0.3, 0.4) is 0 Å². The minimum atomic E-state index is -0.515. The van der Waals surface area contributed by atoms with Crippen LogP contribution in [0, 0.1) is 6.92 Å². The van der Waals surface area contributed by atoms with E-state index in [-0.39, 0.29) is 17.1 Å². The van der Waals surface area contributed by atoms with Gasteiger partial charge < -0.3 is 14.1 Å². The van der Waals surface area contributed by atoms with Gasteiger partial charge in [0.15, 0.2) is 5.43 Å². The van der Waals surface area contributed by atoms with Crippen molar-refractivity contribution in [1.29, 1.82) is 0 Å². The zero-order chi connectivity index (χ0) is 20.0. The Kier molecular flexibility index (Phi) is 4.63. The molecule has 0 saturated carbocycles. The molecular weight excluding hydrogens is 378 g/mol. The SMILES string of the molecule is CCCN1C(=O)c2oc3cc(C)c(Cl)cc3c(=O)c2C1c1cccc(OC)c1.